The molecule has 132 valence electrons. The Morgan fingerprint density at radius 2 is 2.22 bits per heavy atom. The van der Waals surface area contributed by atoms with Gasteiger partial charge < -0.3 is 10.2 Å². The molecule has 1 aliphatic heterocycles. The summed E-state index contributed by atoms with van der Waals surface area (Å²) in [7, 11) is 0. The molecule has 1 aliphatic rings. The molecule has 1 N–H and O–H groups in total. The van der Waals surface area contributed by atoms with E-state index in [0.29, 0.717) is 11.3 Å². The third kappa shape index (κ3) is 6.21. The van der Waals surface area contributed by atoms with E-state index in [4.69, 9.17) is 4.99 Å². The lowest BCUT2D eigenvalue weighted by molar-refractivity contribution is 0.370. The highest BCUT2D eigenvalue weighted by Gasteiger charge is 2.30. The zero-order valence-electron chi connectivity index (χ0n) is 15.1. The molecule has 2 heterocycles. The molecule has 0 aromatic carbocycles. The van der Waals surface area contributed by atoms with Crippen molar-refractivity contribution >= 4 is 41.3 Å². The second-order valence-electron chi connectivity index (χ2n) is 7.15. The number of nitrogens with zero attached hydrogens (tertiary/aromatic N) is 3. The lowest BCUT2D eigenvalue weighted by Gasteiger charge is -2.23. The maximum absolute atomic E-state index is 4.81. The molecule has 1 aromatic heterocycles. The van der Waals surface area contributed by atoms with E-state index in [1.165, 1.54) is 17.1 Å². The molecule has 0 spiro atoms. The van der Waals surface area contributed by atoms with Crippen molar-refractivity contribution in [2.24, 2.45) is 10.4 Å². The SMILES string of the molecule is CCNC(=NCCc1csc(C(C)C)n1)N1CCC(C)(C)C1.I. The monoisotopic (exact) mass is 450 g/mol. The predicted molar refractivity (Wildman–Crippen MR) is 111 cm³/mol. The van der Waals surface area contributed by atoms with Gasteiger partial charge in [-0.05, 0) is 18.8 Å². The van der Waals surface area contributed by atoms with E-state index in [0.717, 1.165) is 38.6 Å². The Morgan fingerprint density at radius 1 is 1.48 bits per heavy atom. The molecule has 0 bridgehead atoms. The minimum Gasteiger partial charge on any atom is -0.357 e. The fourth-order valence-corrected chi connectivity index (χ4v) is 3.57. The summed E-state index contributed by atoms with van der Waals surface area (Å²) >= 11 is 1.77. The van der Waals surface area contributed by atoms with Crippen molar-refractivity contribution in [3.8, 4) is 0 Å². The molecule has 1 fully saturated rings. The van der Waals surface area contributed by atoms with Crippen LogP contribution in [-0.4, -0.2) is 42.0 Å². The van der Waals surface area contributed by atoms with E-state index < -0.39 is 0 Å². The molecule has 0 amide bonds. The van der Waals surface area contributed by atoms with E-state index in [-0.39, 0.29) is 24.0 Å². The molecule has 2 rings (SSSR count). The van der Waals surface area contributed by atoms with Crippen LogP contribution in [0.15, 0.2) is 10.4 Å². The number of thiazole rings is 1. The van der Waals surface area contributed by atoms with Gasteiger partial charge in [-0.3, -0.25) is 4.99 Å². The van der Waals surface area contributed by atoms with Crippen molar-refractivity contribution in [3.05, 3.63) is 16.1 Å². The van der Waals surface area contributed by atoms with Gasteiger partial charge in [0.15, 0.2) is 5.96 Å². The van der Waals surface area contributed by atoms with Gasteiger partial charge in [-0.2, -0.15) is 0 Å². The van der Waals surface area contributed by atoms with Gasteiger partial charge in [-0.15, -0.1) is 35.3 Å². The highest BCUT2D eigenvalue weighted by atomic mass is 127. The van der Waals surface area contributed by atoms with Crippen molar-refractivity contribution in [1.82, 2.24) is 15.2 Å². The van der Waals surface area contributed by atoms with Gasteiger partial charge >= 0.3 is 0 Å². The highest BCUT2D eigenvalue weighted by molar-refractivity contribution is 14.0. The van der Waals surface area contributed by atoms with Gasteiger partial charge in [-0.25, -0.2) is 4.98 Å². The van der Waals surface area contributed by atoms with Crippen LogP contribution in [0.1, 0.15) is 57.7 Å². The standard InChI is InChI=1S/C17H30N4S.HI/c1-6-18-16(21-10-8-17(4,5)12-21)19-9-7-14-11-22-15(20-14)13(2)3;/h11,13H,6-10,12H2,1-5H3,(H,18,19);1H. The van der Waals surface area contributed by atoms with Gasteiger partial charge in [-0.1, -0.05) is 27.7 Å². The van der Waals surface area contributed by atoms with Crippen LogP contribution in [0.25, 0.3) is 0 Å². The van der Waals surface area contributed by atoms with Crippen LogP contribution in [0.3, 0.4) is 0 Å². The first-order valence-corrected chi connectivity index (χ1v) is 9.27. The van der Waals surface area contributed by atoms with E-state index in [2.05, 4.69) is 55.2 Å². The van der Waals surface area contributed by atoms with Crippen molar-refractivity contribution in [1.29, 1.82) is 0 Å². The molecule has 6 heteroatoms. The van der Waals surface area contributed by atoms with Crippen LogP contribution in [-0.2, 0) is 6.42 Å². The Hall–Kier alpha value is -0.370. The summed E-state index contributed by atoms with van der Waals surface area (Å²) < 4.78 is 0. The lowest BCUT2D eigenvalue weighted by Crippen LogP contribution is -2.40. The smallest absolute Gasteiger partial charge is 0.193 e. The Labute approximate surface area is 162 Å². The van der Waals surface area contributed by atoms with Crippen LogP contribution in [0.5, 0.6) is 0 Å². The summed E-state index contributed by atoms with van der Waals surface area (Å²) in [5.41, 5.74) is 1.58. The zero-order valence-corrected chi connectivity index (χ0v) is 18.2. The number of rotatable bonds is 5. The fraction of sp³-hybridized carbons (Fsp3) is 0.765. The Balaban J connectivity index is 0.00000264. The Morgan fingerprint density at radius 3 is 2.74 bits per heavy atom. The topological polar surface area (TPSA) is 40.5 Å². The average Bonchev–Trinajstić information content (AvgIpc) is 3.04. The van der Waals surface area contributed by atoms with Crippen molar-refractivity contribution in [3.63, 3.8) is 0 Å². The highest BCUT2D eigenvalue weighted by Crippen LogP contribution is 2.28. The van der Waals surface area contributed by atoms with Crippen LogP contribution >= 0.6 is 35.3 Å². The Kier molecular flexibility index (Phi) is 8.27. The normalized spacial score (nSPS) is 17.5. The maximum atomic E-state index is 4.81. The van der Waals surface area contributed by atoms with E-state index in [9.17, 15) is 0 Å². The molecular weight excluding hydrogens is 419 g/mol. The molecule has 0 unspecified atom stereocenters. The molecule has 1 aromatic rings. The number of hydrogen-bond acceptors (Lipinski definition) is 3. The van der Waals surface area contributed by atoms with Gasteiger partial charge in [0.05, 0.1) is 10.7 Å². The largest absolute Gasteiger partial charge is 0.357 e. The summed E-state index contributed by atoms with van der Waals surface area (Å²) in [5.74, 6) is 1.58. The quantitative estimate of drug-likeness (QED) is 0.417. The minimum atomic E-state index is 0. The van der Waals surface area contributed by atoms with E-state index in [1.54, 1.807) is 11.3 Å². The summed E-state index contributed by atoms with van der Waals surface area (Å²) in [4.78, 5) is 11.9. The number of aromatic nitrogens is 1. The first kappa shape index (κ1) is 20.7. The Bertz CT molecular complexity index is 510. The molecule has 0 aliphatic carbocycles. The number of nitrogens with one attached hydrogen (secondary N) is 1. The summed E-state index contributed by atoms with van der Waals surface area (Å²) in [6.45, 7) is 15.1. The average molecular weight is 450 g/mol. The van der Waals surface area contributed by atoms with Crippen LogP contribution in [0.2, 0.25) is 0 Å². The van der Waals surface area contributed by atoms with Crippen molar-refractivity contribution in [2.45, 2.75) is 53.4 Å². The molecule has 23 heavy (non-hydrogen) atoms. The first-order valence-electron chi connectivity index (χ1n) is 8.39. The van der Waals surface area contributed by atoms with Crippen molar-refractivity contribution in [2.75, 3.05) is 26.2 Å². The molecule has 0 saturated carbocycles. The molecule has 0 radical (unpaired) electrons. The third-order valence-corrected chi connectivity index (χ3v) is 5.20. The minimum absolute atomic E-state index is 0. The number of halogens is 1. The number of guanidine groups is 1. The van der Waals surface area contributed by atoms with Crippen LogP contribution in [0, 0.1) is 5.41 Å². The van der Waals surface area contributed by atoms with Gasteiger partial charge in [0.2, 0.25) is 0 Å². The fourth-order valence-electron chi connectivity index (χ4n) is 2.70. The predicted octanol–water partition coefficient (Wildman–Crippen LogP) is 4.12. The second kappa shape index (κ2) is 9.20. The van der Waals surface area contributed by atoms with E-state index in [1.807, 2.05) is 0 Å². The van der Waals surface area contributed by atoms with Gasteiger partial charge in [0, 0.05) is 43.9 Å². The summed E-state index contributed by atoms with van der Waals surface area (Å²) in [6, 6.07) is 0. The number of aliphatic imine (C=N–C) groups is 1. The van der Waals surface area contributed by atoms with Crippen LogP contribution in [0.4, 0.5) is 0 Å². The summed E-state index contributed by atoms with van der Waals surface area (Å²) in [6.07, 6.45) is 2.16. The van der Waals surface area contributed by atoms with Crippen molar-refractivity contribution < 1.29 is 0 Å². The molecule has 1 saturated heterocycles. The van der Waals surface area contributed by atoms with E-state index >= 15 is 0 Å². The van der Waals surface area contributed by atoms with Crippen LogP contribution < -0.4 is 5.32 Å². The summed E-state index contributed by atoms with van der Waals surface area (Å²) in [5, 5.41) is 6.84. The molecule has 4 nitrogen and oxygen atoms in total. The number of hydrogen-bond donors (Lipinski definition) is 1. The lowest BCUT2D eigenvalue weighted by atomic mass is 9.93. The third-order valence-electron chi connectivity index (χ3n) is 4.00. The number of likely N-dealkylation sites (tertiary alicyclic amines) is 1. The molecule has 0 atom stereocenters. The first-order chi connectivity index (χ1) is 10.4. The maximum Gasteiger partial charge on any atom is 0.193 e. The van der Waals surface area contributed by atoms with Gasteiger partial charge in [0.25, 0.3) is 0 Å². The van der Waals surface area contributed by atoms with Gasteiger partial charge in [0.1, 0.15) is 0 Å². The molecular formula is C17H31IN4S. The zero-order chi connectivity index (χ0) is 16.2. The second-order valence-corrected chi connectivity index (χ2v) is 8.04.